The maximum absolute atomic E-state index is 14.5. The zero-order chi connectivity index (χ0) is 29.8. The van der Waals surface area contributed by atoms with E-state index in [0.29, 0.717) is 42.3 Å². The van der Waals surface area contributed by atoms with Crippen LogP contribution in [-0.4, -0.2) is 84.3 Å². The number of urea groups is 1. The Labute approximate surface area is 252 Å². The zero-order valence-electron chi connectivity index (χ0n) is 24.2. The molecule has 4 amide bonds. The largest absolute Gasteiger partial charge is 0.335 e. The fourth-order valence-corrected chi connectivity index (χ4v) is 5.64. The van der Waals surface area contributed by atoms with Gasteiger partial charge in [0.25, 0.3) is 5.91 Å². The minimum absolute atomic E-state index is 0.122. The summed E-state index contributed by atoms with van der Waals surface area (Å²) < 4.78 is 0. The van der Waals surface area contributed by atoms with E-state index < -0.39 is 12.1 Å². The van der Waals surface area contributed by atoms with E-state index in [1.165, 1.54) is 4.90 Å². The molecule has 0 aromatic heterocycles. The molecule has 0 fully saturated rings. The quantitative estimate of drug-likeness (QED) is 0.384. The maximum atomic E-state index is 14.5. The van der Waals surface area contributed by atoms with Crippen molar-refractivity contribution in [3.63, 3.8) is 0 Å². The van der Waals surface area contributed by atoms with Crippen molar-refractivity contribution in [2.24, 2.45) is 0 Å². The molecule has 9 heteroatoms. The number of amides is 4. The summed E-state index contributed by atoms with van der Waals surface area (Å²) in [5, 5.41) is 3.53. The van der Waals surface area contributed by atoms with Crippen LogP contribution in [-0.2, 0) is 22.6 Å². The van der Waals surface area contributed by atoms with E-state index in [2.05, 4.69) is 5.32 Å². The average Bonchev–Trinajstić information content (AvgIpc) is 3.34. The van der Waals surface area contributed by atoms with Crippen LogP contribution >= 0.6 is 11.6 Å². The lowest BCUT2D eigenvalue weighted by molar-refractivity contribution is -0.143. The third-order valence-electron chi connectivity index (χ3n) is 7.87. The van der Waals surface area contributed by atoms with Crippen LogP contribution in [0.25, 0.3) is 0 Å². The highest BCUT2D eigenvalue weighted by molar-refractivity contribution is 6.30. The van der Waals surface area contributed by atoms with Gasteiger partial charge in [-0.25, -0.2) is 4.79 Å². The van der Waals surface area contributed by atoms with Crippen LogP contribution in [0, 0.1) is 0 Å². The van der Waals surface area contributed by atoms with Crippen LogP contribution in [0.3, 0.4) is 0 Å². The molecule has 3 aromatic rings. The number of halogens is 1. The highest BCUT2D eigenvalue weighted by Crippen LogP contribution is 2.37. The van der Waals surface area contributed by atoms with Gasteiger partial charge in [0.2, 0.25) is 5.91 Å². The van der Waals surface area contributed by atoms with Crippen molar-refractivity contribution >= 4 is 29.4 Å². The SMILES string of the molecule is CN(C)CCN(Cc1ccccc1)C(=O)[C@H](Cc1ccccc1)N1CC2=C(C1=O)[C@H](c1ccc(Cl)cc1)NC(=O)N2C. The summed E-state index contributed by atoms with van der Waals surface area (Å²) in [7, 11) is 5.61. The number of benzene rings is 3. The second kappa shape index (κ2) is 12.8. The average molecular weight is 586 g/mol. The summed E-state index contributed by atoms with van der Waals surface area (Å²) in [6.07, 6.45) is 0.357. The number of carbonyl (C=O) groups is 3. The Kier molecular flexibility index (Phi) is 8.94. The molecule has 2 atom stereocenters. The molecule has 0 aliphatic carbocycles. The first-order chi connectivity index (χ1) is 20.2. The summed E-state index contributed by atoms with van der Waals surface area (Å²) in [5.41, 5.74) is 3.82. The number of carbonyl (C=O) groups excluding carboxylic acids is 3. The van der Waals surface area contributed by atoms with Gasteiger partial charge in [-0.3, -0.25) is 14.5 Å². The summed E-state index contributed by atoms with van der Waals surface area (Å²) >= 11 is 6.12. The molecule has 0 unspecified atom stereocenters. The van der Waals surface area contributed by atoms with Crippen LogP contribution < -0.4 is 5.32 Å². The predicted octanol–water partition coefficient (Wildman–Crippen LogP) is 4.33. The van der Waals surface area contributed by atoms with Crippen molar-refractivity contribution in [3.05, 3.63) is 118 Å². The van der Waals surface area contributed by atoms with Crippen molar-refractivity contribution < 1.29 is 14.4 Å². The Morgan fingerprint density at radius 1 is 0.929 bits per heavy atom. The molecule has 42 heavy (non-hydrogen) atoms. The van der Waals surface area contributed by atoms with Crippen molar-refractivity contribution in [1.82, 2.24) is 24.9 Å². The molecule has 0 saturated carbocycles. The summed E-state index contributed by atoms with van der Waals surface area (Å²) in [6, 6.07) is 25.1. The number of nitrogens with one attached hydrogen (secondary N) is 1. The second-order valence-electron chi connectivity index (χ2n) is 11.0. The second-order valence-corrected chi connectivity index (χ2v) is 11.5. The Morgan fingerprint density at radius 2 is 1.55 bits per heavy atom. The van der Waals surface area contributed by atoms with Crippen molar-refractivity contribution in [2.75, 3.05) is 40.8 Å². The smallest absolute Gasteiger partial charge is 0.322 e. The molecule has 0 spiro atoms. The molecule has 0 saturated heterocycles. The van der Waals surface area contributed by atoms with Crippen LogP contribution in [0.2, 0.25) is 5.02 Å². The van der Waals surface area contributed by atoms with Gasteiger partial charge in [-0.1, -0.05) is 84.4 Å². The lowest BCUT2D eigenvalue weighted by atomic mass is 9.95. The van der Waals surface area contributed by atoms with Crippen molar-refractivity contribution in [1.29, 1.82) is 0 Å². The van der Waals surface area contributed by atoms with Gasteiger partial charge in [0.05, 0.1) is 23.9 Å². The first kappa shape index (κ1) is 29.4. The Bertz CT molecular complexity index is 1460. The number of likely N-dealkylation sites (N-methyl/N-ethyl adjacent to an activating group) is 2. The molecule has 8 nitrogen and oxygen atoms in total. The Hall–Kier alpha value is -4.14. The Balaban J connectivity index is 1.51. The van der Waals surface area contributed by atoms with E-state index in [0.717, 1.165) is 16.7 Å². The number of rotatable bonds is 10. The van der Waals surface area contributed by atoms with Gasteiger partial charge in [0.1, 0.15) is 6.04 Å². The normalized spacial score (nSPS) is 17.4. The number of nitrogens with zero attached hydrogens (tertiary/aromatic N) is 4. The van der Waals surface area contributed by atoms with Gasteiger partial charge < -0.3 is 20.0 Å². The molecular formula is C33H36ClN5O3. The first-order valence-corrected chi connectivity index (χ1v) is 14.5. The molecule has 5 rings (SSSR count). The molecule has 3 aromatic carbocycles. The number of hydrogen-bond donors (Lipinski definition) is 1. The topological polar surface area (TPSA) is 76.2 Å². The van der Waals surface area contributed by atoms with E-state index in [1.807, 2.05) is 96.7 Å². The van der Waals surface area contributed by atoms with E-state index >= 15 is 0 Å². The maximum Gasteiger partial charge on any atom is 0.322 e. The molecule has 218 valence electrons. The minimum atomic E-state index is -0.759. The van der Waals surface area contributed by atoms with E-state index in [9.17, 15) is 14.4 Å². The number of hydrogen-bond acceptors (Lipinski definition) is 4. The van der Waals surface area contributed by atoms with Crippen LogP contribution in [0.15, 0.2) is 96.2 Å². The summed E-state index contributed by atoms with van der Waals surface area (Å²) in [4.78, 5) is 48.9. The molecular weight excluding hydrogens is 550 g/mol. The third-order valence-corrected chi connectivity index (χ3v) is 8.12. The predicted molar refractivity (Wildman–Crippen MR) is 164 cm³/mol. The van der Waals surface area contributed by atoms with E-state index in [1.54, 1.807) is 24.1 Å². The lowest BCUT2D eigenvalue weighted by Gasteiger charge is -2.34. The monoisotopic (exact) mass is 585 g/mol. The minimum Gasteiger partial charge on any atom is -0.335 e. The molecule has 0 radical (unpaired) electrons. The van der Waals surface area contributed by atoms with E-state index in [4.69, 9.17) is 11.6 Å². The van der Waals surface area contributed by atoms with Crippen molar-refractivity contribution in [3.8, 4) is 0 Å². The zero-order valence-corrected chi connectivity index (χ0v) is 24.9. The van der Waals surface area contributed by atoms with Gasteiger partial charge in [-0.05, 0) is 42.9 Å². The van der Waals surface area contributed by atoms with Crippen molar-refractivity contribution in [2.45, 2.75) is 25.0 Å². The van der Waals surface area contributed by atoms with E-state index in [-0.39, 0.29) is 24.4 Å². The van der Waals surface area contributed by atoms with Gasteiger partial charge in [-0.15, -0.1) is 0 Å². The first-order valence-electron chi connectivity index (χ1n) is 14.1. The lowest BCUT2D eigenvalue weighted by Crippen LogP contribution is -2.52. The summed E-state index contributed by atoms with van der Waals surface area (Å²) in [5.74, 6) is -0.374. The van der Waals surface area contributed by atoms with Gasteiger partial charge in [0.15, 0.2) is 0 Å². The molecule has 1 N–H and O–H groups in total. The van der Waals surface area contributed by atoms with Gasteiger partial charge >= 0.3 is 6.03 Å². The third kappa shape index (κ3) is 6.35. The van der Waals surface area contributed by atoms with Gasteiger partial charge in [-0.2, -0.15) is 0 Å². The van der Waals surface area contributed by atoms with Crippen LogP contribution in [0.4, 0.5) is 4.79 Å². The molecule has 2 aliphatic heterocycles. The Morgan fingerprint density at radius 3 is 2.17 bits per heavy atom. The molecule has 2 aliphatic rings. The highest BCUT2D eigenvalue weighted by Gasteiger charge is 2.46. The highest BCUT2D eigenvalue weighted by atomic mass is 35.5. The standard InChI is InChI=1S/C33H36ClN5O3/c1-36(2)18-19-38(21-24-12-8-5-9-13-24)31(40)27(20-23-10-6-4-7-11-23)39-22-28-29(32(39)41)30(35-33(42)37(28)3)25-14-16-26(34)17-15-25/h4-17,27,30H,18-22H2,1-3H3,(H,35,42)/t27-,30-/m0/s1. The fraction of sp³-hybridized carbons (Fsp3) is 0.303. The fourth-order valence-electron chi connectivity index (χ4n) is 5.52. The van der Waals surface area contributed by atoms with Gasteiger partial charge in [0, 0.05) is 38.1 Å². The molecule has 2 heterocycles. The van der Waals surface area contributed by atoms with Crippen LogP contribution in [0.5, 0.6) is 0 Å². The summed E-state index contributed by atoms with van der Waals surface area (Å²) in [6.45, 7) is 1.78. The van der Waals surface area contributed by atoms with Crippen LogP contribution in [0.1, 0.15) is 22.7 Å². The molecule has 0 bridgehead atoms.